The van der Waals surface area contributed by atoms with Crippen LogP contribution in [0.5, 0.6) is 0 Å². The van der Waals surface area contributed by atoms with Gasteiger partial charge in [0.25, 0.3) is 5.91 Å². The second-order valence-corrected chi connectivity index (χ2v) is 8.70. The molecule has 0 saturated carbocycles. The lowest BCUT2D eigenvalue weighted by molar-refractivity contribution is -0.144. The molecule has 1 aromatic carbocycles. The molecule has 0 aromatic heterocycles. The number of carbonyl (C=O) groups excluding carboxylic acids is 2. The lowest BCUT2D eigenvalue weighted by Gasteiger charge is -2.17. The van der Waals surface area contributed by atoms with E-state index in [0.717, 1.165) is 48.4 Å². The summed E-state index contributed by atoms with van der Waals surface area (Å²) in [5.41, 5.74) is -0.728. The maximum atomic E-state index is 12.6. The molecule has 1 aromatic rings. The summed E-state index contributed by atoms with van der Waals surface area (Å²) in [6.45, 7) is 2.32. The van der Waals surface area contributed by atoms with Crippen LogP contribution < -0.4 is 0 Å². The van der Waals surface area contributed by atoms with Crippen molar-refractivity contribution in [3.8, 4) is 0 Å². The summed E-state index contributed by atoms with van der Waals surface area (Å²) in [6.07, 6.45) is 11.6. The second kappa shape index (κ2) is 16.5. The zero-order valence-electron chi connectivity index (χ0n) is 20.2. The van der Waals surface area contributed by atoms with Crippen LogP contribution in [0.3, 0.4) is 0 Å². The molecule has 0 saturated heterocycles. The van der Waals surface area contributed by atoms with Crippen molar-refractivity contribution in [3.63, 3.8) is 0 Å². The first-order valence-electron chi connectivity index (χ1n) is 12.3. The third-order valence-electron chi connectivity index (χ3n) is 5.68. The lowest BCUT2D eigenvalue weighted by atomic mass is 10.0. The molecular weight excluding hydrogens is 431 g/mol. The van der Waals surface area contributed by atoms with Crippen molar-refractivity contribution in [1.82, 2.24) is 4.90 Å². The fourth-order valence-corrected chi connectivity index (χ4v) is 3.64. The van der Waals surface area contributed by atoms with Gasteiger partial charge in [-0.25, -0.2) is 0 Å². The van der Waals surface area contributed by atoms with E-state index < -0.39 is 23.6 Å². The van der Waals surface area contributed by atoms with E-state index >= 15 is 0 Å². The van der Waals surface area contributed by atoms with Crippen molar-refractivity contribution in [2.45, 2.75) is 96.6 Å². The van der Waals surface area contributed by atoms with Gasteiger partial charge in [0, 0.05) is 12.6 Å². The predicted octanol–water partition coefficient (Wildman–Crippen LogP) is 7.41. The molecule has 188 valence electrons. The summed E-state index contributed by atoms with van der Waals surface area (Å²) in [5, 5.41) is 0. The first-order chi connectivity index (χ1) is 15.8. The molecule has 0 atom stereocenters. The topological polar surface area (TPSA) is 46.6 Å². The monoisotopic (exact) mass is 471 g/mol. The summed E-state index contributed by atoms with van der Waals surface area (Å²) >= 11 is 0. The summed E-state index contributed by atoms with van der Waals surface area (Å²) < 4.78 is 43.0. The molecule has 4 nitrogen and oxygen atoms in total. The Kier molecular flexibility index (Phi) is 14.5. The zero-order valence-corrected chi connectivity index (χ0v) is 20.2. The molecule has 0 fully saturated rings. The minimum atomic E-state index is -4.45. The van der Waals surface area contributed by atoms with Crippen molar-refractivity contribution < 1.29 is 27.5 Å². The number of ether oxygens (including phenoxy) is 1. The molecule has 0 radical (unpaired) electrons. The molecule has 0 unspecified atom stereocenters. The molecule has 0 N–H and O–H groups in total. The van der Waals surface area contributed by atoms with Gasteiger partial charge in [-0.2, -0.15) is 13.2 Å². The SMILES string of the molecule is CCCCCCCCCCCCCCCOC(=O)CN(C)C(=O)c1ccc(C(F)(F)F)cc1. The standard InChI is InChI=1S/C26H40F3NO3/c1-3-4-5-6-7-8-9-10-11-12-13-14-15-20-33-24(31)21-30(2)25(32)22-16-18-23(19-17-22)26(27,28)29/h16-19H,3-15,20-21H2,1-2H3. The Morgan fingerprint density at radius 1 is 0.788 bits per heavy atom. The fourth-order valence-electron chi connectivity index (χ4n) is 3.64. The largest absolute Gasteiger partial charge is 0.464 e. The third kappa shape index (κ3) is 13.3. The first-order valence-corrected chi connectivity index (χ1v) is 12.3. The van der Waals surface area contributed by atoms with E-state index in [-0.39, 0.29) is 12.1 Å². The molecule has 1 rings (SSSR count). The highest BCUT2D eigenvalue weighted by atomic mass is 19.4. The van der Waals surface area contributed by atoms with Gasteiger partial charge in [0.15, 0.2) is 0 Å². The minimum absolute atomic E-state index is 0.0924. The smallest absolute Gasteiger partial charge is 0.416 e. The van der Waals surface area contributed by atoms with Gasteiger partial charge in [0.2, 0.25) is 0 Å². The first kappa shape index (κ1) is 29.0. The number of unbranched alkanes of at least 4 members (excludes halogenated alkanes) is 12. The number of rotatable bonds is 17. The molecule has 0 aliphatic heterocycles. The zero-order chi connectivity index (χ0) is 24.5. The van der Waals surface area contributed by atoms with E-state index in [2.05, 4.69) is 6.92 Å². The van der Waals surface area contributed by atoms with Crippen molar-refractivity contribution in [1.29, 1.82) is 0 Å². The van der Waals surface area contributed by atoms with Gasteiger partial charge in [-0.1, -0.05) is 84.0 Å². The molecular formula is C26H40F3NO3. The average molecular weight is 472 g/mol. The molecule has 0 spiro atoms. The quantitative estimate of drug-likeness (QED) is 0.175. The predicted molar refractivity (Wildman–Crippen MR) is 125 cm³/mol. The number of esters is 1. The van der Waals surface area contributed by atoms with Crippen LogP contribution in [-0.2, 0) is 15.7 Å². The van der Waals surface area contributed by atoms with E-state index in [1.807, 2.05) is 0 Å². The number of amides is 1. The normalized spacial score (nSPS) is 11.4. The van der Waals surface area contributed by atoms with E-state index in [0.29, 0.717) is 6.61 Å². The number of benzene rings is 1. The molecule has 1 amide bonds. The van der Waals surface area contributed by atoms with Gasteiger partial charge >= 0.3 is 12.1 Å². The fraction of sp³-hybridized carbons (Fsp3) is 0.692. The lowest BCUT2D eigenvalue weighted by Crippen LogP contribution is -2.33. The van der Waals surface area contributed by atoms with E-state index in [1.165, 1.54) is 71.3 Å². The van der Waals surface area contributed by atoms with Gasteiger partial charge in [0.05, 0.1) is 12.2 Å². The summed E-state index contributed by atoms with van der Waals surface area (Å²) in [4.78, 5) is 25.4. The number of alkyl halides is 3. The van der Waals surface area contributed by atoms with Crippen LogP contribution >= 0.6 is 0 Å². The van der Waals surface area contributed by atoms with Gasteiger partial charge in [-0.3, -0.25) is 9.59 Å². The highest BCUT2D eigenvalue weighted by molar-refractivity contribution is 5.95. The molecule has 0 aliphatic rings. The van der Waals surface area contributed by atoms with E-state index in [4.69, 9.17) is 4.74 Å². The van der Waals surface area contributed by atoms with Crippen LogP contribution in [0.1, 0.15) is 106 Å². The highest BCUT2D eigenvalue weighted by Gasteiger charge is 2.30. The van der Waals surface area contributed by atoms with Crippen molar-refractivity contribution in [3.05, 3.63) is 35.4 Å². The van der Waals surface area contributed by atoms with Crippen LogP contribution in [0, 0.1) is 0 Å². The van der Waals surface area contributed by atoms with Crippen LogP contribution in [0.15, 0.2) is 24.3 Å². The third-order valence-corrected chi connectivity index (χ3v) is 5.68. The van der Waals surface area contributed by atoms with Gasteiger partial charge in [-0.15, -0.1) is 0 Å². The van der Waals surface area contributed by atoms with Gasteiger partial charge in [-0.05, 0) is 30.7 Å². The number of carbonyl (C=O) groups is 2. The molecule has 0 bridgehead atoms. The minimum Gasteiger partial charge on any atom is -0.464 e. The highest BCUT2D eigenvalue weighted by Crippen LogP contribution is 2.29. The Morgan fingerprint density at radius 2 is 1.24 bits per heavy atom. The Hall–Kier alpha value is -2.05. The number of hydrogen-bond acceptors (Lipinski definition) is 3. The Bertz CT molecular complexity index is 674. The number of nitrogens with zero attached hydrogens (tertiary/aromatic N) is 1. The molecule has 33 heavy (non-hydrogen) atoms. The number of halogens is 3. The molecule has 0 heterocycles. The maximum absolute atomic E-state index is 12.6. The van der Waals surface area contributed by atoms with E-state index in [9.17, 15) is 22.8 Å². The van der Waals surface area contributed by atoms with Crippen LogP contribution in [0.25, 0.3) is 0 Å². The van der Waals surface area contributed by atoms with Crippen LogP contribution in [0.4, 0.5) is 13.2 Å². The van der Waals surface area contributed by atoms with Crippen molar-refractivity contribution in [2.24, 2.45) is 0 Å². The number of hydrogen-bond donors (Lipinski definition) is 0. The Balaban J connectivity index is 2.06. The Morgan fingerprint density at radius 3 is 1.70 bits per heavy atom. The van der Waals surface area contributed by atoms with Crippen molar-refractivity contribution in [2.75, 3.05) is 20.2 Å². The summed E-state index contributed by atoms with van der Waals surface area (Å²) in [6, 6.07) is 3.93. The molecule has 0 aliphatic carbocycles. The van der Waals surface area contributed by atoms with Gasteiger partial charge in [0.1, 0.15) is 6.54 Å². The average Bonchev–Trinajstić information content (AvgIpc) is 2.78. The van der Waals surface area contributed by atoms with Crippen molar-refractivity contribution >= 4 is 11.9 Å². The number of likely N-dealkylation sites (N-methyl/N-ethyl adjacent to an activating group) is 1. The maximum Gasteiger partial charge on any atom is 0.416 e. The summed E-state index contributed by atoms with van der Waals surface area (Å²) in [7, 11) is 1.42. The van der Waals surface area contributed by atoms with Crippen LogP contribution in [-0.4, -0.2) is 37.0 Å². The molecule has 7 heteroatoms. The van der Waals surface area contributed by atoms with Crippen LogP contribution in [0.2, 0.25) is 0 Å². The second-order valence-electron chi connectivity index (χ2n) is 8.70. The Labute approximate surface area is 196 Å². The van der Waals surface area contributed by atoms with Gasteiger partial charge < -0.3 is 9.64 Å². The van der Waals surface area contributed by atoms with E-state index in [1.54, 1.807) is 0 Å². The summed E-state index contributed by atoms with van der Waals surface area (Å²) in [5.74, 6) is -1.04.